The first-order chi connectivity index (χ1) is 8.08. The van der Waals surface area contributed by atoms with Gasteiger partial charge in [-0.2, -0.15) is 5.10 Å². The van der Waals surface area contributed by atoms with E-state index >= 15 is 0 Å². The monoisotopic (exact) mass is 258 g/mol. The summed E-state index contributed by atoms with van der Waals surface area (Å²) < 4.78 is 28.1. The van der Waals surface area contributed by atoms with Crippen molar-refractivity contribution in [1.29, 1.82) is 0 Å². The summed E-state index contributed by atoms with van der Waals surface area (Å²) in [6.45, 7) is 1.75. The van der Waals surface area contributed by atoms with E-state index in [0.717, 1.165) is 12.2 Å². The van der Waals surface area contributed by atoms with Crippen LogP contribution >= 0.6 is 0 Å². The molecule has 1 saturated heterocycles. The zero-order chi connectivity index (χ0) is 12.3. The lowest BCUT2D eigenvalue weighted by atomic mass is 10.3. The normalized spacial score (nSPS) is 20.9. The van der Waals surface area contributed by atoms with Gasteiger partial charge in [-0.3, -0.25) is 4.68 Å². The predicted octanol–water partition coefficient (Wildman–Crippen LogP) is -0.756. The smallest absolute Gasteiger partial charge is 0.215 e. The Hall–Kier alpha value is -0.920. The summed E-state index contributed by atoms with van der Waals surface area (Å²) in [5.74, 6) is 0. The first-order valence-electron chi connectivity index (χ1n) is 5.75. The van der Waals surface area contributed by atoms with Gasteiger partial charge in [0.05, 0.1) is 10.9 Å². The molecule has 0 aliphatic carbocycles. The molecule has 0 spiro atoms. The quantitative estimate of drug-likeness (QED) is 0.728. The molecule has 0 amide bonds. The number of nitrogens with one attached hydrogen (secondary N) is 2. The second-order valence-electron chi connectivity index (χ2n) is 4.28. The molecule has 1 aliphatic rings. The summed E-state index contributed by atoms with van der Waals surface area (Å²) in [5.41, 5.74) is 0.903. The van der Waals surface area contributed by atoms with Crippen molar-refractivity contribution in [2.24, 2.45) is 7.05 Å². The third-order valence-corrected chi connectivity index (χ3v) is 4.79. The van der Waals surface area contributed by atoms with Crippen LogP contribution in [-0.2, 0) is 23.5 Å². The SMILES string of the molecule is Cn1ccc(CCNS(=O)(=O)C2CCNC2)n1. The summed E-state index contributed by atoms with van der Waals surface area (Å²) in [6.07, 6.45) is 3.17. The van der Waals surface area contributed by atoms with E-state index in [1.165, 1.54) is 0 Å². The Morgan fingerprint density at radius 2 is 2.47 bits per heavy atom. The molecule has 6 nitrogen and oxygen atoms in total. The number of sulfonamides is 1. The number of rotatable bonds is 5. The van der Waals surface area contributed by atoms with Crippen LogP contribution in [0.3, 0.4) is 0 Å². The fraction of sp³-hybridized carbons (Fsp3) is 0.700. The average molecular weight is 258 g/mol. The lowest BCUT2D eigenvalue weighted by molar-refractivity contribution is 0.567. The average Bonchev–Trinajstić information content (AvgIpc) is 2.89. The van der Waals surface area contributed by atoms with Crippen molar-refractivity contribution >= 4 is 10.0 Å². The van der Waals surface area contributed by atoms with E-state index in [-0.39, 0.29) is 5.25 Å². The zero-order valence-corrected chi connectivity index (χ0v) is 10.7. The Bertz CT molecular complexity index is 462. The van der Waals surface area contributed by atoms with Crippen molar-refractivity contribution in [2.75, 3.05) is 19.6 Å². The summed E-state index contributed by atoms with van der Waals surface area (Å²) in [7, 11) is -1.33. The van der Waals surface area contributed by atoms with E-state index in [9.17, 15) is 8.42 Å². The number of aromatic nitrogens is 2. The van der Waals surface area contributed by atoms with Crippen LogP contribution in [0.5, 0.6) is 0 Å². The minimum Gasteiger partial charge on any atom is -0.315 e. The molecule has 96 valence electrons. The lowest BCUT2D eigenvalue weighted by Crippen LogP contribution is -2.36. The van der Waals surface area contributed by atoms with Gasteiger partial charge in [-0.05, 0) is 19.0 Å². The first kappa shape index (κ1) is 12.5. The van der Waals surface area contributed by atoms with Gasteiger partial charge in [0, 0.05) is 32.8 Å². The molecule has 1 aliphatic heterocycles. The fourth-order valence-electron chi connectivity index (χ4n) is 1.93. The summed E-state index contributed by atoms with van der Waals surface area (Å²) in [4.78, 5) is 0. The highest BCUT2D eigenvalue weighted by Crippen LogP contribution is 2.08. The van der Waals surface area contributed by atoms with Crippen LogP contribution < -0.4 is 10.0 Å². The van der Waals surface area contributed by atoms with Crippen molar-refractivity contribution in [3.63, 3.8) is 0 Å². The van der Waals surface area contributed by atoms with Crippen LogP contribution in [0.25, 0.3) is 0 Å². The van der Waals surface area contributed by atoms with E-state index in [1.807, 2.05) is 19.3 Å². The molecule has 1 aromatic heterocycles. The molecule has 1 aromatic rings. The minimum absolute atomic E-state index is 0.286. The highest BCUT2D eigenvalue weighted by atomic mass is 32.2. The van der Waals surface area contributed by atoms with E-state index in [0.29, 0.717) is 25.9 Å². The maximum absolute atomic E-state index is 11.9. The molecule has 2 rings (SSSR count). The van der Waals surface area contributed by atoms with Gasteiger partial charge >= 0.3 is 0 Å². The molecular weight excluding hydrogens is 240 g/mol. The minimum atomic E-state index is -3.17. The van der Waals surface area contributed by atoms with Crippen LogP contribution in [0.1, 0.15) is 12.1 Å². The number of hydrogen-bond acceptors (Lipinski definition) is 4. The Balaban J connectivity index is 1.81. The van der Waals surface area contributed by atoms with Gasteiger partial charge in [0.1, 0.15) is 0 Å². The van der Waals surface area contributed by atoms with Gasteiger partial charge in [-0.25, -0.2) is 13.1 Å². The van der Waals surface area contributed by atoms with Gasteiger partial charge in [0.2, 0.25) is 10.0 Å². The fourth-order valence-corrected chi connectivity index (χ4v) is 3.32. The van der Waals surface area contributed by atoms with Crippen LogP contribution in [0.2, 0.25) is 0 Å². The Kier molecular flexibility index (Phi) is 3.80. The van der Waals surface area contributed by atoms with Gasteiger partial charge < -0.3 is 5.32 Å². The van der Waals surface area contributed by atoms with E-state index < -0.39 is 10.0 Å². The Labute approximate surface area is 101 Å². The second kappa shape index (κ2) is 5.16. The van der Waals surface area contributed by atoms with Crippen molar-refractivity contribution < 1.29 is 8.42 Å². The summed E-state index contributed by atoms with van der Waals surface area (Å²) in [6, 6.07) is 1.89. The molecule has 2 N–H and O–H groups in total. The van der Waals surface area contributed by atoms with Crippen LogP contribution in [0.15, 0.2) is 12.3 Å². The molecule has 7 heteroatoms. The maximum Gasteiger partial charge on any atom is 0.215 e. The van der Waals surface area contributed by atoms with Crippen molar-refractivity contribution in [1.82, 2.24) is 19.8 Å². The summed E-state index contributed by atoms with van der Waals surface area (Å²) >= 11 is 0. The molecule has 17 heavy (non-hydrogen) atoms. The number of aryl methyl sites for hydroxylation is 1. The topological polar surface area (TPSA) is 76.0 Å². The van der Waals surface area contributed by atoms with E-state index in [1.54, 1.807) is 4.68 Å². The van der Waals surface area contributed by atoms with Crippen molar-refractivity contribution in [2.45, 2.75) is 18.1 Å². The zero-order valence-electron chi connectivity index (χ0n) is 9.89. The van der Waals surface area contributed by atoms with Gasteiger partial charge in [-0.1, -0.05) is 0 Å². The third-order valence-electron chi connectivity index (χ3n) is 2.91. The second-order valence-corrected chi connectivity index (χ2v) is 6.33. The maximum atomic E-state index is 11.9. The molecule has 1 atom stereocenters. The van der Waals surface area contributed by atoms with Crippen molar-refractivity contribution in [3.05, 3.63) is 18.0 Å². The van der Waals surface area contributed by atoms with E-state index in [2.05, 4.69) is 15.1 Å². The molecule has 0 saturated carbocycles. The first-order valence-corrected chi connectivity index (χ1v) is 7.30. The standard InChI is InChI=1S/C10H18N4O2S/c1-14-7-4-9(13-14)2-6-12-17(15,16)10-3-5-11-8-10/h4,7,10-12H,2-3,5-6,8H2,1H3. The highest BCUT2D eigenvalue weighted by Gasteiger charge is 2.27. The Morgan fingerprint density at radius 3 is 3.06 bits per heavy atom. The third kappa shape index (κ3) is 3.27. The number of nitrogens with zero attached hydrogens (tertiary/aromatic N) is 2. The van der Waals surface area contributed by atoms with E-state index in [4.69, 9.17) is 0 Å². The largest absolute Gasteiger partial charge is 0.315 e. The van der Waals surface area contributed by atoms with Gasteiger partial charge in [0.25, 0.3) is 0 Å². The summed E-state index contributed by atoms with van der Waals surface area (Å²) in [5, 5.41) is 6.97. The van der Waals surface area contributed by atoms with Gasteiger partial charge in [0.15, 0.2) is 0 Å². The van der Waals surface area contributed by atoms with Crippen LogP contribution in [-0.4, -0.2) is 43.1 Å². The van der Waals surface area contributed by atoms with Crippen LogP contribution in [0.4, 0.5) is 0 Å². The van der Waals surface area contributed by atoms with Crippen molar-refractivity contribution in [3.8, 4) is 0 Å². The number of hydrogen-bond donors (Lipinski definition) is 2. The molecule has 1 unspecified atom stereocenters. The molecule has 0 bridgehead atoms. The highest BCUT2D eigenvalue weighted by molar-refractivity contribution is 7.90. The van der Waals surface area contributed by atoms with Crippen LogP contribution in [0, 0.1) is 0 Å². The molecule has 0 aromatic carbocycles. The molecule has 2 heterocycles. The molecule has 0 radical (unpaired) electrons. The Morgan fingerprint density at radius 1 is 1.65 bits per heavy atom. The predicted molar refractivity (Wildman–Crippen MR) is 65.1 cm³/mol. The molecule has 1 fully saturated rings. The lowest BCUT2D eigenvalue weighted by Gasteiger charge is -2.10. The van der Waals surface area contributed by atoms with Gasteiger partial charge in [-0.15, -0.1) is 0 Å². The molecular formula is C10H18N4O2S.